The molecule has 4 rings (SSSR count). The van der Waals surface area contributed by atoms with Crippen molar-refractivity contribution in [1.29, 1.82) is 0 Å². The first-order chi connectivity index (χ1) is 15.0. The first kappa shape index (κ1) is 21.6. The van der Waals surface area contributed by atoms with Crippen LogP contribution in [0, 0.1) is 5.92 Å². The lowest BCUT2D eigenvalue weighted by atomic mass is 9.96. The van der Waals surface area contributed by atoms with Gasteiger partial charge in [0, 0.05) is 19.1 Å². The zero-order valence-electron chi connectivity index (χ0n) is 18.8. The Hall–Kier alpha value is -2.66. The minimum atomic E-state index is -0.000570. The molecule has 164 valence electrons. The zero-order valence-corrected chi connectivity index (χ0v) is 18.8. The van der Waals surface area contributed by atoms with Crippen molar-refractivity contribution in [1.82, 2.24) is 14.9 Å². The highest BCUT2D eigenvalue weighted by atomic mass is 16.5. The Morgan fingerprint density at radius 2 is 1.94 bits per heavy atom. The third-order valence-electron chi connectivity index (χ3n) is 6.05. The summed E-state index contributed by atoms with van der Waals surface area (Å²) < 4.78 is 7.69. The van der Waals surface area contributed by atoms with Crippen LogP contribution >= 0.6 is 0 Å². The summed E-state index contributed by atoms with van der Waals surface area (Å²) in [5.41, 5.74) is 4.48. The van der Waals surface area contributed by atoms with Gasteiger partial charge < -0.3 is 14.6 Å². The maximum atomic E-state index is 12.8. The van der Waals surface area contributed by atoms with Crippen LogP contribution in [0.1, 0.15) is 56.5 Å². The van der Waals surface area contributed by atoms with Gasteiger partial charge in [-0.2, -0.15) is 0 Å². The average molecular weight is 420 g/mol. The fourth-order valence-corrected chi connectivity index (χ4v) is 4.39. The molecule has 0 spiro atoms. The monoisotopic (exact) mass is 419 g/mol. The van der Waals surface area contributed by atoms with Crippen molar-refractivity contribution in [2.45, 2.75) is 58.6 Å². The Morgan fingerprint density at radius 3 is 2.65 bits per heavy atom. The zero-order chi connectivity index (χ0) is 21.8. The number of amides is 1. The summed E-state index contributed by atoms with van der Waals surface area (Å²) in [6, 6.07) is 16.9. The summed E-state index contributed by atoms with van der Waals surface area (Å²) >= 11 is 0. The molecule has 2 aromatic carbocycles. The molecule has 1 amide bonds. The molecular formula is C26H33N3O2. The van der Waals surface area contributed by atoms with Gasteiger partial charge in [-0.3, -0.25) is 4.79 Å². The van der Waals surface area contributed by atoms with Crippen molar-refractivity contribution in [2.24, 2.45) is 5.92 Å². The lowest BCUT2D eigenvalue weighted by Gasteiger charge is -2.17. The van der Waals surface area contributed by atoms with Crippen molar-refractivity contribution in [3.05, 3.63) is 65.5 Å². The average Bonchev–Trinajstić information content (AvgIpc) is 3.40. The minimum Gasteiger partial charge on any atom is -0.376 e. The van der Waals surface area contributed by atoms with Gasteiger partial charge in [-0.1, -0.05) is 57.2 Å². The predicted octanol–water partition coefficient (Wildman–Crippen LogP) is 4.68. The van der Waals surface area contributed by atoms with Crippen molar-refractivity contribution in [3.63, 3.8) is 0 Å². The molecule has 0 saturated carbocycles. The Bertz CT molecular complexity index is 1020. The number of imidazole rings is 1. The van der Waals surface area contributed by atoms with Crippen LogP contribution in [-0.2, 0) is 22.5 Å². The number of nitrogens with one attached hydrogen (secondary N) is 1. The lowest BCUT2D eigenvalue weighted by Crippen LogP contribution is -2.34. The van der Waals surface area contributed by atoms with E-state index < -0.39 is 0 Å². The molecule has 1 aromatic heterocycles. The Balaban J connectivity index is 1.56. The molecule has 2 unspecified atom stereocenters. The third-order valence-corrected chi connectivity index (χ3v) is 6.05. The molecule has 0 bridgehead atoms. The summed E-state index contributed by atoms with van der Waals surface area (Å²) in [7, 11) is 0. The Morgan fingerprint density at radius 1 is 1.16 bits per heavy atom. The molecule has 1 saturated heterocycles. The van der Waals surface area contributed by atoms with Crippen LogP contribution in [0.5, 0.6) is 0 Å². The van der Waals surface area contributed by atoms with Crippen molar-refractivity contribution in [2.75, 3.05) is 13.2 Å². The highest BCUT2D eigenvalue weighted by Crippen LogP contribution is 2.28. The van der Waals surface area contributed by atoms with Crippen LogP contribution in [-0.4, -0.2) is 34.7 Å². The molecule has 1 N–H and O–H groups in total. The summed E-state index contributed by atoms with van der Waals surface area (Å²) in [6.07, 6.45) is 3.32. The highest BCUT2D eigenvalue weighted by molar-refractivity contribution is 5.81. The number of aromatic nitrogens is 2. The smallest absolute Gasteiger partial charge is 0.240 e. The number of nitrogens with zero attached hydrogens (tertiary/aromatic N) is 2. The van der Waals surface area contributed by atoms with Gasteiger partial charge in [0.15, 0.2) is 0 Å². The van der Waals surface area contributed by atoms with Gasteiger partial charge in [0.25, 0.3) is 0 Å². The first-order valence-electron chi connectivity index (χ1n) is 11.4. The van der Waals surface area contributed by atoms with Gasteiger partial charge in [-0.05, 0) is 48.4 Å². The molecule has 0 aliphatic carbocycles. The number of para-hydroxylation sites is 2. The van der Waals surface area contributed by atoms with E-state index in [-0.39, 0.29) is 24.5 Å². The van der Waals surface area contributed by atoms with E-state index in [0.29, 0.717) is 12.5 Å². The molecule has 31 heavy (non-hydrogen) atoms. The fourth-order valence-electron chi connectivity index (χ4n) is 4.39. The molecule has 1 aliphatic heterocycles. The maximum absolute atomic E-state index is 12.8. The molecular weight excluding hydrogens is 386 g/mol. The quantitative estimate of drug-likeness (QED) is 0.577. The van der Waals surface area contributed by atoms with Crippen LogP contribution in [0.15, 0.2) is 48.5 Å². The van der Waals surface area contributed by atoms with Crippen LogP contribution < -0.4 is 5.32 Å². The normalized spacial score (nSPS) is 17.4. The van der Waals surface area contributed by atoms with E-state index in [1.807, 2.05) is 24.3 Å². The van der Waals surface area contributed by atoms with Crippen molar-refractivity contribution in [3.8, 4) is 0 Å². The van der Waals surface area contributed by atoms with Crippen molar-refractivity contribution < 1.29 is 9.53 Å². The number of hydrogen-bond donors (Lipinski definition) is 1. The van der Waals surface area contributed by atoms with Crippen LogP contribution in [0.25, 0.3) is 11.0 Å². The van der Waals surface area contributed by atoms with E-state index in [9.17, 15) is 4.79 Å². The van der Waals surface area contributed by atoms with Crippen LogP contribution in [0.3, 0.4) is 0 Å². The summed E-state index contributed by atoms with van der Waals surface area (Å²) in [4.78, 5) is 17.7. The molecule has 0 radical (unpaired) electrons. The number of carbonyl (C=O) groups is 1. The molecule has 1 fully saturated rings. The summed E-state index contributed by atoms with van der Waals surface area (Å²) in [6.45, 7) is 8.28. The topological polar surface area (TPSA) is 56.2 Å². The first-order valence-corrected chi connectivity index (χ1v) is 11.4. The number of fused-ring (bicyclic) bond motifs is 1. The summed E-state index contributed by atoms with van der Waals surface area (Å²) in [5, 5.41) is 3.05. The SMILES string of the molecule is CC(C)Cc1ccc(C(C)c2nc3ccccc3n2CC(=O)NCC2CCCO2)cc1. The van der Waals surface area contributed by atoms with E-state index >= 15 is 0 Å². The van der Waals surface area contributed by atoms with Crippen LogP contribution in [0.2, 0.25) is 0 Å². The Kier molecular flexibility index (Phi) is 6.71. The van der Waals surface area contributed by atoms with Gasteiger partial charge in [0.05, 0.1) is 17.1 Å². The van der Waals surface area contributed by atoms with Crippen molar-refractivity contribution >= 4 is 16.9 Å². The predicted molar refractivity (Wildman–Crippen MR) is 124 cm³/mol. The van der Waals surface area contributed by atoms with Gasteiger partial charge in [0.2, 0.25) is 5.91 Å². The maximum Gasteiger partial charge on any atom is 0.240 e. The number of hydrogen-bond acceptors (Lipinski definition) is 3. The number of ether oxygens (including phenoxy) is 1. The second kappa shape index (κ2) is 9.65. The largest absolute Gasteiger partial charge is 0.376 e. The van der Waals surface area contributed by atoms with E-state index in [4.69, 9.17) is 9.72 Å². The molecule has 2 heterocycles. The second-order valence-corrected chi connectivity index (χ2v) is 9.05. The number of rotatable bonds is 8. The highest BCUT2D eigenvalue weighted by Gasteiger charge is 2.21. The van der Waals surface area contributed by atoms with Crippen LogP contribution in [0.4, 0.5) is 0 Å². The second-order valence-electron chi connectivity index (χ2n) is 9.05. The molecule has 1 aliphatic rings. The van der Waals surface area contributed by atoms with Gasteiger partial charge >= 0.3 is 0 Å². The van der Waals surface area contributed by atoms with E-state index in [2.05, 4.69) is 54.9 Å². The molecule has 5 nitrogen and oxygen atoms in total. The summed E-state index contributed by atoms with van der Waals surface area (Å²) in [5.74, 6) is 1.65. The number of benzene rings is 2. The van der Waals surface area contributed by atoms with E-state index in [1.54, 1.807) is 0 Å². The van der Waals surface area contributed by atoms with Gasteiger partial charge in [-0.25, -0.2) is 4.98 Å². The molecule has 2 atom stereocenters. The Labute approximate surface area is 184 Å². The fraction of sp³-hybridized carbons (Fsp3) is 0.462. The standard InChI is InChI=1S/C26H33N3O2/c1-18(2)15-20-10-12-21(13-11-20)19(3)26-28-23-8-4-5-9-24(23)29(26)17-25(30)27-16-22-7-6-14-31-22/h4-5,8-13,18-19,22H,6-7,14-17H2,1-3H3,(H,27,30). The van der Waals surface area contributed by atoms with Gasteiger partial charge in [-0.15, -0.1) is 0 Å². The molecule has 3 aromatic rings. The van der Waals surface area contributed by atoms with E-state index in [0.717, 1.165) is 42.7 Å². The number of carbonyl (C=O) groups excluding carboxylic acids is 1. The van der Waals surface area contributed by atoms with Gasteiger partial charge in [0.1, 0.15) is 12.4 Å². The molecule has 5 heteroatoms. The minimum absolute atomic E-state index is 0.000570. The third kappa shape index (κ3) is 5.16. The van der Waals surface area contributed by atoms with E-state index in [1.165, 1.54) is 11.1 Å². The lowest BCUT2D eigenvalue weighted by molar-refractivity contribution is -0.122.